The van der Waals surface area contributed by atoms with Gasteiger partial charge in [0.15, 0.2) is 0 Å². The van der Waals surface area contributed by atoms with Crippen molar-refractivity contribution in [3.05, 3.63) is 17.5 Å². The molecule has 1 aliphatic heterocycles. The summed E-state index contributed by atoms with van der Waals surface area (Å²) in [7, 11) is 0. The van der Waals surface area contributed by atoms with Crippen LogP contribution in [0.15, 0.2) is 6.20 Å². The fourth-order valence-electron chi connectivity index (χ4n) is 2.13. The molecule has 6 nitrogen and oxygen atoms in total. The Balaban J connectivity index is 1.91. The molecule has 1 aromatic heterocycles. The lowest BCUT2D eigenvalue weighted by molar-refractivity contribution is 0.0694. The van der Waals surface area contributed by atoms with E-state index < -0.39 is 5.97 Å². The second kappa shape index (κ2) is 4.53. The van der Waals surface area contributed by atoms with Gasteiger partial charge in [-0.2, -0.15) is 0 Å². The second-order valence-corrected chi connectivity index (χ2v) is 4.65. The Morgan fingerprint density at radius 3 is 2.72 bits per heavy atom. The van der Waals surface area contributed by atoms with E-state index in [-0.39, 0.29) is 5.56 Å². The van der Waals surface area contributed by atoms with Crippen LogP contribution in [-0.2, 0) is 4.74 Å². The van der Waals surface area contributed by atoms with E-state index in [9.17, 15) is 4.79 Å². The van der Waals surface area contributed by atoms with E-state index in [0.717, 1.165) is 25.9 Å². The van der Waals surface area contributed by atoms with Crippen molar-refractivity contribution in [2.24, 2.45) is 0 Å². The van der Waals surface area contributed by atoms with Gasteiger partial charge in [-0.3, -0.25) is 0 Å². The number of nitrogens with zero attached hydrogens (tertiary/aromatic N) is 3. The van der Waals surface area contributed by atoms with Crippen molar-refractivity contribution in [1.29, 1.82) is 0 Å². The van der Waals surface area contributed by atoms with Crippen LogP contribution in [0.4, 0.5) is 5.95 Å². The Hall–Kier alpha value is -1.69. The van der Waals surface area contributed by atoms with Gasteiger partial charge < -0.3 is 14.7 Å². The van der Waals surface area contributed by atoms with Crippen molar-refractivity contribution >= 4 is 11.9 Å². The maximum atomic E-state index is 11.1. The normalized spacial score (nSPS) is 19.9. The van der Waals surface area contributed by atoms with Crippen LogP contribution in [0.3, 0.4) is 0 Å². The molecule has 1 saturated carbocycles. The molecule has 0 bridgehead atoms. The lowest BCUT2D eigenvalue weighted by Crippen LogP contribution is -2.37. The third kappa shape index (κ3) is 2.15. The van der Waals surface area contributed by atoms with Gasteiger partial charge in [0.05, 0.1) is 24.5 Å². The minimum Gasteiger partial charge on any atom is -0.478 e. The summed E-state index contributed by atoms with van der Waals surface area (Å²) >= 11 is 0. The second-order valence-electron chi connectivity index (χ2n) is 4.65. The Kier molecular flexibility index (Phi) is 2.87. The first kappa shape index (κ1) is 11.4. The zero-order valence-corrected chi connectivity index (χ0v) is 10.0. The van der Waals surface area contributed by atoms with Crippen LogP contribution < -0.4 is 4.90 Å². The third-order valence-corrected chi connectivity index (χ3v) is 3.29. The van der Waals surface area contributed by atoms with Crippen LogP contribution in [-0.4, -0.2) is 47.3 Å². The third-order valence-electron chi connectivity index (χ3n) is 3.29. The van der Waals surface area contributed by atoms with Crippen molar-refractivity contribution in [3.63, 3.8) is 0 Å². The number of hydrogen-bond donors (Lipinski definition) is 1. The van der Waals surface area contributed by atoms with E-state index in [4.69, 9.17) is 9.84 Å². The highest BCUT2D eigenvalue weighted by molar-refractivity contribution is 5.89. The van der Waals surface area contributed by atoms with Gasteiger partial charge in [-0.25, -0.2) is 14.8 Å². The average molecular weight is 249 g/mol. The van der Waals surface area contributed by atoms with Crippen molar-refractivity contribution in [3.8, 4) is 0 Å². The van der Waals surface area contributed by atoms with Crippen molar-refractivity contribution in [2.45, 2.75) is 18.8 Å². The monoisotopic (exact) mass is 249 g/mol. The van der Waals surface area contributed by atoms with Crippen molar-refractivity contribution in [2.75, 3.05) is 31.2 Å². The number of aromatic nitrogens is 2. The standard InChI is InChI=1S/C12H15N3O3/c16-11(17)9-7-13-12(14-10(9)8-1-2-8)15-3-5-18-6-4-15/h7-8H,1-6H2,(H,16,17). The predicted molar refractivity (Wildman–Crippen MR) is 64.0 cm³/mol. The quantitative estimate of drug-likeness (QED) is 0.857. The molecule has 2 aliphatic rings. The maximum absolute atomic E-state index is 11.1. The minimum absolute atomic E-state index is 0.245. The molecule has 18 heavy (non-hydrogen) atoms. The zero-order chi connectivity index (χ0) is 12.5. The van der Waals surface area contributed by atoms with E-state index in [1.54, 1.807) is 0 Å². The first-order valence-electron chi connectivity index (χ1n) is 6.18. The van der Waals surface area contributed by atoms with E-state index in [0.29, 0.717) is 30.8 Å². The Morgan fingerprint density at radius 2 is 2.11 bits per heavy atom. The molecule has 0 spiro atoms. The summed E-state index contributed by atoms with van der Waals surface area (Å²) in [4.78, 5) is 21.8. The Morgan fingerprint density at radius 1 is 1.39 bits per heavy atom. The highest BCUT2D eigenvalue weighted by atomic mass is 16.5. The lowest BCUT2D eigenvalue weighted by atomic mass is 10.1. The predicted octanol–water partition coefficient (Wildman–Crippen LogP) is 0.889. The summed E-state index contributed by atoms with van der Waals surface area (Å²) in [5.74, 6) is -0.00508. The van der Waals surface area contributed by atoms with Crippen LogP contribution in [0, 0.1) is 0 Å². The number of anilines is 1. The molecule has 1 N–H and O–H groups in total. The summed E-state index contributed by atoms with van der Waals surface area (Å²) in [6, 6.07) is 0. The number of aromatic carboxylic acids is 1. The van der Waals surface area contributed by atoms with Crippen molar-refractivity contribution < 1.29 is 14.6 Å². The van der Waals surface area contributed by atoms with Crippen LogP contribution >= 0.6 is 0 Å². The fourth-order valence-corrected chi connectivity index (χ4v) is 2.13. The molecular weight excluding hydrogens is 234 g/mol. The molecular formula is C12H15N3O3. The summed E-state index contributed by atoms with van der Waals surface area (Å²) in [6.07, 6.45) is 3.49. The first-order chi connectivity index (χ1) is 8.75. The number of hydrogen-bond acceptors (Lipinski definition) is 5. The van der Waals surface area contributed by atoms with E-state index in [1.165, 1.54) is 6.20 Å². The average Bonchev–Trinajstić information content (AvgIpc) is 3.23. The SMILES string of the molecule is O=C(O)c1cnc(N2CCOCC2)nc1C1CC1. The summed E-state index contributed by atoms with van der Waals surface area (Å²) < 4.78 is 5.28. The summed E-state index contributed by atoms with van der Waals surface area (Å²) in [5, 5.41) is 9.13. The minimum atomic E-state index is -0.939. The van der Waals surface area contributed by atoms with E-state index in [2.05, 4.69) is 9.97 Å². The van der Waals surface area contributed by atoms with Gasteiger partial charge >= 0.3 is 5.97 Å². The molecule has 0 radical (unpaired) electrons. The highest BCUT2D eigenvalue weighted by Crippen LogP contribution is 2.40. The van der Waals surface area contributed by atoms with Gasteiger partial charge in [0.25, 0.3) is 0 Å². The first-order valence-corrected chi connectivity index (χ1v) is 6.18. The number of rotatable bonds is 3. The zero-order valence-electron chi connectivity index (χ0n) is 10.0. The Labute approximate surface area is 105 Å². The van der Waals surface area contributed by atoms with Crippen LogP contribution in [0.25, 0.3) is 0 Å². The lowest BCUT2D eigenvalue weighted by Gasteiger charge is -2.27. The number of carbonyl (C=O) groups is 1. The topological polar surface area (TPSA) is 75.5 Å². The summed E-state index contributed by atoms with van der Waals surface area (Å²) in [6.45, 7) is 2.86. The van der Waals surface area contributed by atoms with Gasteiger partial charge in [0, 0.05) is 25.2 Å². The molecule has 1 aromatic rings. The number of carboxylic acids is 1. The van der Waals surface area contributed by atoms with Gasteiger partial charge in [-0.1, -0.05) is 0 Å². The van der Waals surface area contributed by atoms with Crippen LogP contribution in [0.2, 0.25) is 0 Å². The van der Waals surface area contributed by atoms with Crippen molar-refractivity contribution in [1.82, 2.24) is 9.97 Å². The van der Waals surface area contributed by atoms with E-state index in [1.807, 2.05) is 4.90 Å². The molecule has 3 rings (SSSR count). The molecule has 0 aromatic carbocycles. The maximum Gasteiger partial charge on any atom is 0.339 e. The Bertz CT molecular complexity index is 468. The molecule has 0 unspecified atom stereocenters. The molecule has 2 fully saturated rings. The van der Waals surface area contributed by atoms with Gasteiger partial charge in [0.2, 0.25) is 5.95 Å². The molecule has 2 heterocycles. The molecule has 1 saturated heterocycles. The molecule has 0 amide bonds. The largest absolute Gasteiger partial charge is 0.478 e. The number of ether oxygens (including phenoxy) is 1. The molecule has 6 heteroatoms. The fraction of sp³-hybridized carbons (Fsp3) is 0.583. The molecule has 1 aliphatic carbocycles. The van der Waals surface area contributed by atoms with Crippen LogP contribution in [0.5, 0.6) is 0 Å². The molecule has 0 atom stereocenters. The van der Waals surface area contributed by atoms with E-state index >= 15 is 0 Å². The number of carboxylic acid groups (broad SMARTS) is 1. The van der Waals surface area contributed by atoms with Gasteiger partial charge in [-0.15, -0.1) is 0 Å². The summed E-state index contributed by atoms with van der Waals surface area (Å²) in [5.41, 5.74) is 0.938. The smallest absolute Gasteiger partial charge is 0.339 e. The highest BCUT2D eigenvalue weighted by Gasteiger charge is 2.31. The van der Waals surface area contributed by atoms with Gasteiger partial charge in [-0.05, 0) is 12.8 Å². The number of morpholine rings is 1. The van der Waals surface area contributed by atoms with Crippen LogP contribution in [0.1, 0.15) is 34.8 Å². The van der Waals surface area contributed by atoms with Gasteiger partial charge in [0.1, 0.15) is 0 Å². The molecule has 96 valence electrons.